The first-order valence-corrected chi connectivity index (χ1v) is 4.67. The maximum atomic E-state index is 11.2. The smallest absolute Gasteiger partial charge is 0.133 e. The fourth-order valence-corrected chi connectivity index (χ4v) is 2.79. The van der Waals surface area contributed by atoms with Crippen LogP contribution < -0.4 is 0 Å². The predicted molar refractivity (Wildman–Crippen MR) is 44.2 cm³/mol. The van der Waals surface area contributed by atoms with Crippen LogP contribution in [0.15, 0.2) is 0 Å². The van der Waals surface area contributed by atoms with Crippen LogP contribution in [-0.4, -0.2) is 5.78 Å². The molecule has 2 aliphatic rings. The first-order chi connectivity index (χ1) is 5.15. The summed E-state index contributed by atoms with van der Waals surface area (Å²) in [6, 6.07) is 0. The van der Waals surface area contributed by atoms with Gasteiger partial charge in [-0.3, -0.25) is 4.79 Å². The van der Waals surface area contributed by atoms with Crippen molar-refractivity contribution in [1.82, 2.24) is 0 Å². The second-order valence-electron chi connectivity index (χ2n) is 4.48. The standard InChI is InChI=1S/C10H16O/c1-7-5-9(11)6-8(2)10(7)3-4-10/h7-8H,3-6H2,1-2H3/t7-,8+. The fourth-order valence-electron chi connectivity index (χ4n) is 2.79. The Kier molecular flexibility index (Phi) is 1.39. The lowest BCUT2D eigenvalue weighted by molar-refractivity contribution is -0.124. The van der Waals surface area contributed by atoms with E-state index >= 15 is 0 Å². The molecule has 0 amide bonds. The zero-order valence-electron chi connectivity index (χ0n) is 7.39. The van der Waals surface area contributed by atoms with Crippen LogP contribution in [0.3, 0.4) is 0 Å². The average Bonchev–Trinajstić information content (AvgIpc) is 2.62. The summed E-state index contributed by atoms with van der Waals surface area (Å²) in [5.74, 6) is 1.82. The third-order valence-electron chi connectivity index (χ3n) is 3.86. The number of rotatable bonds is 0. The van der Waals surface area contributed by atoms with Crippen molar-refractivity contribution in [2.24, 2.45) is 17.3 Å². The van der Waals surface area contributed by atoms with Crippen LogP contribution >= 0.6 is 0 Å². The SMILES string of the molecule is C[C@@H]1CC(=O)C[C@H](C)C12CC2. The van der Waals surface area contributed by atoms with Crippen LogP contribution in [0.4, 0.5) is 0 Å². The van der Waals surface area contributed by atoms with E-state index in [1.165, 1.54) is 12.8 Å². The van der Waals surface area contributed by atoms with E-state index in [0.29, 0.717) is 23.0 Å². The van der Waals surface area contributed by atoms with Gasteiger partial charge in [0.25, 0.3) is 0 Å². The van der Waals surface area contributed by atoms with Gasteiger partial charge >= 0.3 is 0 Å². The lowest BCUT2D eigenvalue weighted by atomic mass is 9.70. The van der Waals surface area contributed by atoms with Crippen molar-refractivity contribution >= 4 is 5.78 Å². The molecule has 1 nitrogen and oxygen atoms in total. The molecule has 11 heavy (non-hydrogen) atoms. The first-order valence-electron chi connectivity index (χ1n) is 4.67. The number of carbonyl (C=O) groups is 1. The van der Waals surface area contributed by atoms with E-state index in [1.54, 1.807) is 0 Å². The van der Waals surface area contributed by atoms with Gasteiger partial charge in [0.15, 0.2) is 0 Å². The highest BCUT2D eigenvalue weighted by molar-refractivity contribution is 5.80. The van der Waals surface area contributed by atoms with Crippen LogP contribution in [-0.2, 0) is 4.79 Å². The van der Waals surface area contributed by atoms with Gasteiger partial charge in [0, 0.05) is 12.8 Å². The molecule has 0 saturated heterocycles. The van der Waals surface area contributed by atoms with Crippen molar-refractivity contribution in [2.75, 3.05) is 0 Å². The molecule has 0 unspecified atom stereocenters. The molecule has 1 spiro atoms. The molecule has 0 radical (unpaired) electrons. The van der Waals surface area contributed by atoms with Crippen LogP contribution in [0.1, 0.15) is 39.5 Å². The topological polar surface area (TPSA) is 17.1 Å². The molecule has 0 heterocycles. The Hall–Kier alpha value is -0.330. The monoisotopic (exact) mass is 152 g/mol. The predicted octanol–water partition coefficient (Wildman–Crippen LogP) is 2.40. The number of Topliss-reactive ketones (excluding diaryl/α,β-unsaturated/α-hetero) is 1. The normalized spacial score (nSPS) is 41.1. The molecule has 2 atom stereocenters. The van der Waals surface area contributed by atoms with E-state index in [-0.39, 0.29) is 0 Å². The molecule has 0 aromatic rings. The van der Waals surface area contributed by atoms with Gasteiger partial charge in [-0.25, -0.2) is 0 Å². The molecule has 0 bridgehead atoms. The van der Waals surface area contributed by atoms with E-state index in [1.807, 2.05) is 0 Å². The average molecular weight is 152 g/mol. The van der Waals surface area contributed by atoms with E-state index in [2.05, 4.69) is 13.8 Å². The van der Waals surface area contributed by atoms with Gasteiger partial charge in [-0.1, -0.05) is 13.8 Å². The molecule has 0 aliphatic heterocycles. The van der Waals surface area contributed by atoms with Crippen LogP contribution in [0.25, 0.3) is 0 Å². The zero-order valence-corrected chi connectivity index (χ0v) is 7.39. The maximum Gasteiger partial charge on any atom is 0.133 e. The highest BCUT2D eigenvalue weighted by Crippen LogP contribution is 2.61. The van der Waals surface area contributed by atoms with Crippen LogP contribution in [0.2, 0.25) is 0 Å². The van der Waals surface area contributed by atoms with E-state index in [9.17, 15) is 4.79 Å². The molecule has 62 valence electrons. The van der Waals surface area contributed by atoms with Crippen molar-refractivity contribution in [1.29, 1.82) is 0 Å². The van der Waals surface area contributed by atoms with E-state index in [0.717, 1.165) is 12.8 Å². The third-order valence-corrected chi connectivity index (χ3v) is 3.86. The van der Waals surface area contributed by atoms with Gasteiger partial charge in [-0.2, -0.15) is 0 Å². The van der Waals surface area contributed by atoms with Crippen molar-refractivity contribution in [3.63, 3.8) is 0 Å². The van der Waals surface area contributed by atoms with Crippen molar-refractivity contribution in [3.05, 3.63) is 0 Å². The van der Waals surface area contributed by atoms with Gasteiger partial charge < -0.3 is 0 Å². The molecule has 2 rings (SSSR count). The van der Waals surface area contributed by atoms with Crippen molar-refractivity contribution < 1.29 is 4.79 Å². The van der Waals surface area contributed by atoms with Gasteiger partial charge in [0.05, 0.1) is 0 Å². The van der Waals surface area contributed by atoms with Gasteiger partial charge in [0.2, 0.25) is 0 Å². The van der Waals surface area contributed by atoms with Crippen molar-refractivity contribution in [2.45, 2.75) is 39.5 Å². The Bertz CT molecular complexity index is 175. The van der Waals surface area contributed by atoms with Gasteiger partial charge in [-0.15, -0.1) is 0 Å². The second-order valence-corrected chi connectivity index (χ2v) is 4.48. The van der Waals surface area contributed by atoms with Crippen LogP contribution in [0, 0.1) is 17.3 Å². The van der Waals surface area contributed by atoms with E-state index in [4.69, 9.17) is 0 Å². The third kappa shape index (κ3) is 0.935. The minimum atomic E-state index is 0.488. The number of hydrogen-bond acceptors (Lipinski definition) is 1. The molecule has 1 heteroatoms. The summed E-state index contributed by atoms with van der Waals surface area (Å²) in [5, 5.41) is 0. The molecule has 0 aromatic heterocycles. The summed E-state index contributed by atoms with van der Waals surface area (Å²) in [4.78, 5) is 11.2. The summed E-state index contributed by atoms with van der Waals surface area (Å²) in [5.41, 5.74) is 0.605. The summed E-state index contributed by atoms with van der Waals surface area (Å²) in [6.07, 6.45) is 4.46. The summed E-state index contributed by atoms with van der Waals surface area (Å²) >= 11 is 0. The minimum Gasteiger partial charge on any atom is -0.300 e. The zero-order chi connectivity index (χ0) is 8.06. The second kappa shape index (κ2) is 2.09. The minimum absolute atomic E-state index is 0.488. The van der Waals surface area contributed by atoms with Crippen LogP contribution in [0.5, 0.6) is 0 Å². The Morgan fingerprint density at radius 1 is 1.18 bits per heavy atom. The Morgan fingerprint density at radius 3 is 2.00 bits per heavy atom. The molecule has 2 aliphatic carbocycles. The first kappa shape index (κ1) is 7.33. The highest BCUT2D eigenvalue weighted by atomic mass is 16.1. The Labute approximate surface area is 68.2 Å². The largest absolute Gasteiger partial charge is 0.300 e. The lowest BCUT2D eigenvalue weighted by Crippen LogP contribution is -2.31. The maximum absolute atomic E-state index is 11.2. The summed E-state index contributed by atoms with van der Waals surface area (Å²) in [7, 11) is 0. The molecule has 2 saturated carbocycles. The van der Waals surface area contributed by atoms with Gasteiger partial charge in [-0.05, 0) is 30.1 Å². The van der Waals surface area contributed by atoms with Gasteiger partial charge in [0.1, 0.15) is 5.78 Å². The molecule has 0 aromatic carbocycles. The Balaban J connectivity index is 2.16. The molecule has 2 fully saturated rings. The summed E-state index contributed by atoms with van der Waals surface area (Å²) < 4.78 is 0. The quantitative estimate of drug-likeness (QED) is 0.521. The fraction of sp³-hybridized carbons (Fsp3) is 0.900. The number of ketones is 1. The number of hydrogen-bond donors (Lipinski definition) is 0. The summed E-state index contributed by atoms with van der Waals surface area (Å²) in [6.45, 7) is 4.50. The molecule has 0 N–H and O–H groups in total. The Morgan fingerprint density at radius 2 is 1.64 bits per heavy atom. The van der Waals surface area contributed by atoms with Crippen molar-refractivity contribution in [3.8, 4) is 0 Å². The van der Waals surface area contributed by atoms with E-state index < -0.39 is 0 Å². The number of carbonyl (C=O) groups excluding carboxylic acids is 1. The molecular formula is C10H16O. The highest BCUT2D eigenvalue weighted by Gasteiger charge is 2.53. The lowest BCUT2D eigenvalue weighted by Gasteiger charge is -2.33. The molecular weight excluding hydrogens is 136 g/mol.